The number of carbonyl (C=O) groups is 3. The van der Waals surface area contributed by atoms with Gasteiger partial charge in [-0.15, -0.1) is 0 Å². The third-order valence-corrected chi connectivity index (χ3v) is 7.96. The zero-order valence-corrected chi connectivity index (χ0v) is 22.6. The highest BCUT2D eigenvalue weighted by Gasteiger charge is 2.39. The highest BCUT2D eigenvalue weighted by Crippen LogP contribution is 2.33. The van der Waals surface area contributed by atoms with Gasteiger partial charge in [0.05, 0.1) is 30.2 Å². The van der Waals surface area contributed by atoms with E-state index in [4.69, 9.17) is 14.2 Å². The van der Waals surface area contributed by atoms with Crippen LogP contribution in [0.15, 0.2) is 48.5 Å². The minimum Gasteiger partial charge on any atom is -0.490 e. The minimum absolute atomic E-state index is 0.0557. The van der Waals surface area contributed by atoms with E-state index in [0.29, 0.717) is 55.9 Å². The van der Waals surface area contributed by atoms with Crippen LogP contribution in [0.25, 0.3) is 0 Å². The van der Waals surface area contributed by atoms with Gasteiger partial charge in [0.2, 0.25) is 11.8 Å². The number of likely N-dealkylation sites (N-methyl/N-ethyl adjacent to an activating group) is 1. The number of amides is 3. The largest absolute Gasteiger partial charge is 0.490 e. The van der Waals surface area contributed by atoms with Gasteiger partial charge in [-0.2, -0.15) is 0 Å². The Morgan fingerprint density at radius 3 is 2.59 bits per heavy atom. The van der Waals surface area contributed by atoms with Gasteiger partial charge >= 0.3 is 0 Å². The molecule has 2 aromatic rings. The van der Waals surface area contributed by atoms with Crippen molar-refractivity contribution in [1.29, 1.82) is 0 Å². The number of benzene rings is 2. The van der Waals surface area contributed by atoms with E-state index in [1.165, 1.54) is 0 Å². The van der Waals surface area contributed by atoms with Gasteiger partial charge < -0.3 is 29.7 Å². The molecule has 208 valence electrons. The lowest BCUT2D eigenvalue weighted by molar-refractivity contribution is -0.134. The van der Waals surface area contributed by atoms with Crippen molar-refractivity contribution in [3.05, 3.63) is 59.7 Å². The SMILES string of the molecule is C[C@@H](NC(=O)C[C@@H]1CC[C@@H]2[C@@H](COc3ccc(NC(=O)C4CCOCC4)cc3C(=O)N2C)O1)c1ccccc1. The first-order chi connectivity index (χ1) is 18.9. The molecular formula is C30H37N3O6. The van der Waals surface area contributed by atoms with Crippen LogP contribution in [-0.4, -0.2) is 67.7 Å². The first-order valence-electron chi connectivity index (χ1n) is 13.8. The van der Waals surface area contributed by atoms with E-state index < -0.39 is 0 Å². The Morgan fingerprint density at radius 1 is 1.05 bits per heavy atom. The van der Waals surface area contributed by atoms with E-state index in [0.717, 1.165) is 5.56 Å². The third kappa shape index (κ3) is 6.42. The lowest BCUT2D eigenvalue weighted by Crippen LogP contribution is -2.54. The van der Waals surface area contributed by atoms with Crippen molar-refractivity contribution in [2.45, 2.75) is 63.3 Å². The molecule has 0 spiro atoms. The first kappa shape index (κ1) is 27.1. The van der Waals surface area contributed by atoms with Crippen LogP contribution in [0.1, 0.15) is 61.0 Å². The molecule has 0 bridgehead atoms. The number of ether oxygens (including phenoxy) is 3. The average Bonchev–Trinajstić information content (AvgIpc) is 2.96. The third-order valence-electron chi connectivity index (χ3n) is 7.96. The van der Waals surface area contributed by atoms with Crippen LogP contribution < -0.4 is 15.4 Å². The summed E-state index contributed by atoms with van der Waals surface area (Å²) in [5.41, 5.74) is 2.04. The molecule has 2 saturated heterocycles. The van der Waals surface area contributed by atoms with Crippen LogP contribution in [0.3, 0.4) is 0 Å². The summed E-state index contributed by atoms with van der Waals surface area (Å²) in [6.45, 7) is 3.40. The van der Waals surface area contributed by atoms with Gasteiger partial charge in [0.25, 0.3) is 5.91 Å². The first-order valence-corrected chi connectivity index (χ1v) is 13.8. The lowest BCUT2D eigenvalue weighted by Gasteiger charge is -2.42. The molecular weight excluding hydrogens is 498 g/mol. The summed E-state index contributed by atoms with van der Waals surface area (Å²) in [5.74, 6) is 0.0615. The van der Waals surface area contributed by atoms with Crippen LogP contribution in [0, 0.1) is 5.92 Å². The Morgan fingerprint density at radius 2 is 1.82 bits per heavy atom. The summed E-state index contributed by atoms with van der Waals surface area (Å²) >= 11 is 0. The van der Waals surface area contributed by atoms with Crippen LogP contribution in [0.2, 0.25) is 0 Å². The molecule has 2 N–H and O–H groups in total. The summed E-state index contributed by atoms with van der Waals surface area (Å²) in [7, 11) is 1.78. The van der Waals surface area contributed by atoms with E-state index in [9.17, 15) is 14.4 Å². The zero-order chi connectivity index (χ0) is 27.4. The number of nitrogens with zero attached hydrogens (tertiary/aromatic N) is 1. The van der Waals surface area contributed by atoms with Gasteiger partial charge in [-0.3, -0.25) is 14.4 Å². The lowest BCUT2D eigenvalue weighted by atomic mass is 9.94. The smallest absolute Gasteiger partial charge is 0.257 e. The van der Waals surface area contributed by atoms with Crippen LogP contribution >= 0.6 is 0 Å². The second-order valence-corrected chi connectivity index (χ2v) is 10.7. The van der Waals surface area contributed by atoms with Gasteiger partial charge in [-0.05, 0) is 56.4 Å². The van der Waals surface area contributed by atoms with E-state index >= 15 is 0 Å². The minimum atomic E-state index is -0.349. The van der Waals surface area contributed by atoms with E-state index in [2.05, 4.69) is 10.6 Å². The monoisotopic (exact) mass is 535 g/mol. The molecule has 0 unspecified atom stereocenters. The topological polar surface area (TPSA) is 106 Å². The van der Waals surface area contributed by atoms with Crippen molar-refractivity contribution in [3.8, 4) is 5.75 Å². The van der Waals surface area contributed by atoms with Gasteiger partial charge in [-0.1, -0.05) is 30.3 Å². The maximum absolute atomic E-state index is 13.5. The molecule has 0 aliphatic carbocycles. The molecule has 0 aromatic heterocycles. The fourth-order valence-corrected chi connectivity index (χ4v) is 5.64. The number of hydrogen-bond acceptors (Lipinski definition) is 6. The molecule has 39 heavy (non-hydrogen) atoms. The highest BCUT2D eigenvalue weighted by molar-refractivity contribution is 6.00. The van der Waals surface area contributed by atoms with E-state index in [1.54, 1.807) is 30.1 Å². The molecule has 0 radical (unpaired) electrons. The maximum atomic E-state index is 13.5. The average molecular weight is 536 g/mol. The summed E-state index contributed by atoms with van der Waals surface area (Å²) in [5, 5.41) is 6.01. The summed E-state index contributed by atoms with van der Waals surface area (Å²) in [6, 6.07) is 14.8. The number of anilines is 1. The Bertz CT molecular complexity index is 1180. The van der Waals surface area contributed by atoms with E-state index in [-0.39, 0.29) is 61.0 Å². The Labute approximate surface area is 229 Å². The Balaban J connectivity index is 1.21. The van der Waals surface area contributed by atoms with Crippen LogP contribution in [-0.2, 0) is 19.1 Å². The molecule has 3 heterocycles. The predicted molar refractivity (Wildman–Crippen MR) is 146 cm³/mol. The molecule has 2 aromatic carbocycles. The normalized spacial score (nSPS) is 24.3. The quantitative estimate of drug-likeness (QED) is 0.584. The van der Waals surface area contributed by atoms with Crippen molar-refractivity contribution in [3.63, 3.8) is 0 Å². The van der Waals surface area contributed by atoms with Gasteiger partial charge in [0.15, 0.2) is 0 Å². The second-order valence-electron chi connectivity index (χ2n) is 10.7. The second kappa shape index (κ2) is 12.2. The molecule has 2 fully saturated rings. The Hall–Kier alpha value is -3.43. The predicted octanol–water partition coefficient (Wildman–Crippen LogP) is 3.70. The molecule has 9 nitrogen and oxygen atoms in total. The highest BCUT2D eigenvalue weighted by atomic mass is 16.5. The molecule has 4 atom stereocenters. The van der Waals surface area contributed by atoms with Crippen LogP contribution in [0.4, 0.5) is 5.69 Å². The van der Waals surface area contributed by atoms with Crippen molar-refractivity contribution in [2.24, 2.45) is 5.92 Å². The summed E-state index contributed by atoms with van der Waals surface area (Å²) in [4.78, 5) is 40.6. The number of hydrogen-bond donors (Lipinski definition) is 2. The fraction of sp³-hybridized carbons (Fsp3) is 0.500. The molecule has 3 amide bonds. The van der Waals surface area contributed by atoms with E-state index in [1.807, 2.05) is 37.3 Å². The molecule has 9 heteroatoms. The summed E-state index contributed by atoms with van der Waals surface area (Å²) in [6.07, 6.45) is 2.42. The number of rotatable bonds is 6. The van der Waals surface area contributed by atoms with Crippen molar-refractivity contribution < 1.29 is 28.6 Å². The van der Waals surface area contributed by atoms with Crippen molar-refractivity contribution in [2.75, 3.05) is 32.2 Å². The molecule has 0 saturated carbocycles. The zero-order valence-electron chi connectivity index (χ0n) is 22.6. The van der Waals surface area contributed by atoms with Gasteiger partial charge in [-0.25, -0.2) is 0 Å². The molecule has 3 aliphatic rings. The molecule has 3 aliphatic heterocycles. The Kier molecular flexibility index (Phi) is 8.47. The number of nitrogens with one attached hydrogen (secondary N) is 2. The van der Waals surface area contributed by atoms with Crippen molar-refractivity contribution in [1.82, 2.24) is 10.2 Å². The van der Waals surface area contributed by atoms with Gasteiger partial charge in [0.1, 0.15) is 18.5 Å². The van der Waals surface area contributed by atoms with Gasteiger partial charge in [0, 0.05) is 31.9 Å². The van der Waals surface area contributed by atoms with Crippen molar-refractivity contribution >= 4 is 23.4 Å². The standard InChI is InChI=1S/C30H37N3O6/c1-19(20-6-4-3-5-7-20)31-28(34)17-23-9-10-25-27(39-23)18-38-26-11-8-22(16-24(26)30(36)33(25)2)32-29(35)21-12-14-37-15-13-21/h3-8,11,16,19,21,23,25,27H,9-10,12-15,17-18H2,1-2H3,(H,31,34)(H,32,35)/t19-,23+,25-,27-/m1/s1. The summed E-state index contributed by atoms with van der Waals surface area (Å²) < 4.78 is 17.7. The number of carbonyl (C=O) groups excluding carboxylic acids is 3. The fourth-order valence-electron chi connectivity index (χ4n) is 5.64. The number of fused-ring (bicyclic) bond motifs is 2. The maximum Gasteiger partial charge on any atom is 0.257 e. The molecule has 5 rings (SSSR count). The van der Waals surface area contributed by atoms with Crippen LogP contribution in [0.5, 0.6) is 5.75 Å².